The zero-order valence-corrected chi connectivity index (χ0v) is 15.6. The monoisotopic (exact) mass is 374 g/mol. The van der Waals surface area contributed by atoms with Crippen molar-refractivity contribution in [3.63, 3.8) is 0 Å². The highest BCUT2D eigenvalue weighted by Crippen LogP contribution is 2.28. The number of thiazole rings is 1. The molecule has 1 aromatic heterocycles. The molecule has 4 aromatic rings. The molecule has 1 N–H and O–H groups in total. The molecular weight excluding hydrogens is 356 g/mol. The van der Waals surface area contributed by atoms with Crippen molar-refractivity contribution in [2.75, 3.05) is 11.9 Å². The second kappa shape index (κ2) is 7.60. The largest absolute Gasteiger partial charge is 0.493 e. The van der Waals surface area contributed by atoms with E-state index in [0.29, 0.717) is 23.1 Å². The van der Waals surface area contributed by atoms with Crippen LogP contribution in [0.4, 0.5) is 5.13 Å². The van der Waals surface area contributed by atoms with E-state index in [1.807, 2.05) is 42.6 Å². The Hall–Kier alpha value is -3.18. The van der Waals surface area contributed by atoms with Crippen molar-refractivity contribution < 1.29 is 9.53 Å². The number of fused-ring (bicyclic) bond motifs is 1. The Morgan fingerprint density at radius 2 is 1.81 bits per heavy atom. The van der Waals surface area contributed by atoms with E-state index in [4.69, 9.17) is 4.74 Å². The molecule has 0 atom stereocenters. The van der Waals surface area contributed by atoms with Crippen molar-refractivity contribution >= 4 is 33.1 Å². The van der Waals surface area contributed by atoms with Crippen LogP contribution in [-0.2, 0) is 0 Å². The Bertz CT molecular complexity index is 1100. The highest BCUT2D eigenvalue weighted by Gasteiger charge is 2.14. The molecule has 1 heterocycles. The molecule has 4 nitrogen and oxygen atoms in total. The van der Waals surface area contributed by atoms with Gasteiger partial charge in [-0.3, -0.25) is 10.1 Å². The van der Waals surface area contributed by atoms with E-state index in [1.165, 1.54) is 22.1 Å². The van der Waals surface area contributed by atoms with Gasteiger partial charge in [0.2, 0.25) is 0 Å². The quantitative estimate of drug-likeness (QED) is 0.494. The average Bonchev–Trinajstić information content (AvgIpc) is 3.16. The Balaban J connectivity index is 1.56. The summed E-state index contributed by atoms with van der Waals surface area (Å²) in [6.07, 6.45) is 0. The fraction of sp³-hybridized carbons (Fsp3) is 0.0909. The van der Waals surface area contributed by atoms with Crippen LogP contribution in [0.3, 0.4) is 0 Å². The van der Waals surface area contributed by atoms with Gasteiger partial charge in [0.25, 0.3) is 5.91 Å². The van der Waals surface area contributed by atoms with Crippen molar-refractivity contribution in [3.05, 3.63) is 77.7 Å². The number of hydrogen-bond donors (Lipinski definition) is 1. The summed E-state index contributed by atoms with van der Waals surface area (Å²) in [5.74, 6) is 0.349. The topological polar surface area (TPSA) is 51.2 Å². The first-order valence-corrected chi connectivity index (χ1v) is 9.60. The molecule has 0 radical (unpaired) electrons. The smallest absolute Gasteiger partial charge is 0.261 e. The van der Waals surface area contributed by atoms with Crippen molar-refractivity contribution in [2.24, 2.45) is 0 Å². The van der Waals surface area contributed by atoms with E-state index >= 15 is 0 Å². The van der Waals surface area contributed by atoms with Gasteiger partial charge in [-0.05, 0) is 35.9 Å². The number of carbonyl (C=O) groups excluding carboxylic acids is 1. The minimum absolute atomic E-state index is 0.224. The Morgan fingerprint density at radius 3 is 2.67 bits per heavy atom. The minimum atomic E-state index is -0.224. The van der Waals surface area contributed by atoms with Gasteiger partial charge >= 0.3 is 0 Å². The van der Waals surface area contributed by atoms with Gasteiger partial charge in [-0.25, -0.2) is 4.98 Å². The molecule has 0 bridgehead atoms. The predicted octanol–water partition coefficient (Wildman–Crippen LogP) is 5.61. The predicted molar refractivity (Wildman–Crippen MR) is 111 cm³/mol. The van der Waals surface area contributed by atoms with Gasteiger partial charge < -0.3 is 4.74 Å². The number of anilines is 1. The standard InChI is InChI=1S/C22H18N2O2S/c1-2-26-20-10-6-5-9-18(20)21(25)24-22-23-19(14-27-22)17-12-11-15-7-3-4-8-16(15)13-17/h3-14H,2H2,1H3,(H,23,24,25). The number of benzene rings is 3. The van der Waals surface area contributed by atoms with E-state index in [-0.39, 0.29) is 5.91 Å². The third-order valence-corrected chi connectivity index (χ3v) is 4.96. The summed E-state index contributed by atoms with van der Waals surface area (Å²) in [4.78, 5) is 17.2. The normalized spacial score (nSPS) is 10.7. The Labute approximate surface area is 161 Å². The number of nitrogens with zero attached hydrogens (tertiary/aromatic N) is 1. The van der Waals surface area contributed by atoms with Gasteiger partial charge in [0, 0.05) is 10.9 Å². The van der Waals surface area contributed by atoms with E-state index in [0.717, 1.165) is 11.3 Å². The molecule has 27 heavy (non-hydrogen) atoms. The minimum Gasteiger partial charge on any atom is -0.493 e. The van der Waals surface area contributed by atoms with Crippen LogP contribution >= 0.6 is 11.3 Å². The summed E-state index contributed by atoms with van der Waals surface area (Å²) < 4.78 is 5.53. The van der Waals surface area contributed by atoms with E-state index in [1.54, 1.807) is 12.1 Å². The molecule has 0 spiro atoms. The van der Waals surface area contributed by atoms with Crippen molar-refractivity contribution in [1.82, 2.24) is 4.98 Å². The molecule has 5 heteroatoms. The fourth-order valence-electron chi connectivity index (χ4n) is 2.91. The summed E-state index contributed by atoms with van der Waals surface area (Å²) in [5.41, 5.74) is 2.38. The van der Waals surface area contributed by atoms with Gasteiger partial charge in [-0.2, -0.15) is 0 Å². The number of hydrogen-bond acceptors (Lipinski definition) is 4. The lowest BCUT2D eigenvalue weighted by Crippen LogP contribution is -2.13. The van der Waals surface area contributed by atoms with Gasteiger partial charge in [-0.1, -0.05) is 48.5 Å². The number of para-hydroxylation sites is 1. The highest BCUT2D eigenvalue weighted by atomic mass is 32.1. The molecule has 0 fully saturated rings. The molecule has 0 aliphatic heterocycles. The second-order valence-electron chi connectivity index (χ2n) is 5.98. The zero-order valence-electron chi connectivity index (χ0n) is 14.8. The first-order chi connectivity index (χ1) is 13.2. The Morgan fingerprint density at radius 1 is 1.04 bits per heavy atom. The lowest BCUT2D eigenvalue weighted by molar-refractivity contribution is 0.102. The molecule has 1 amide bonds. The number of rotatable bonds is 5. The number of nitrogens with one attached hydrogen (secondary N) is 1. The maximum atomic E-state index is 12.6. The third kappa shape index (κ3) is 3.68. The van der Waals surface area contributed by atoms with Gasteiger partial charge in [0.15, 0.2) is 5.13 Å². The lowest BCUT2D eigenvalue weighted by Gasteiger charge is -2.08. The average molecular weight is 374 g/mol. The molecule has 0 saturated heterocycles. The van der Waals surface area contributed by atoms with Crippen molar-refractivity contribution in [2.45, 2.75) is 6.92 Å². The first-order valence-electron chi connectivity index (χ1n) is 8.72. The highest BCUT2D eigenvalue weighted by molar-refractivity contribution is 7.14. The van der Waals surface area contributed by atoms with Crippen LogP contribution in [0.25, 0.3) is 22.0 Å². The molecular formula is C22H18N2O2S. The van der Waals surface area contributed by atoms with Crippen LogP contribution in [0.1, 0.15) is 17.3 Å². The molecule has 0 aliphatic rings. The summed E-state index contributed by atoms with van der Waals surface area (Å²) in [5, 5.41) is 7.75. The molecule has 3 aromatic carbocycles. The van der Waals surface area contributed by atoms with E-state index < -0.39 is 0 Å². The maximum Gasteiger partial charge on any atom is 0.261 e. The SMILES string of the molecule is CCOc1ccccc1C(=O)Nc1nc(-c2ccc3ccccc3c2)cs1. The number of carbonyl (C=O) groups is 1. The van der Waals surface area contributed by atoms with Gasteiger partial charge in [-0.15, -0.1) is 11.3 Å². The summed E-state index contributed by atoms with van der Waals surface area (Å²) in [6.45, 7) is 2.40. The molecule has 134 valence electrons. The zero-order chi connectivity index (χ0) is 18.6. The summed E-state index contributed by atoms with van der Waals surface area (Å²) in [6, 6.07) is 21.7. The third-order valence-electron chi connectivity index (χ3n) is 4.20. The van der Waals surface area contributed by atoms with Crippen LogP contribution in [-0.4, -0.2) is 17.5 Å². The van der Waals surface area contributed by atoms with Crippen molar-refractivity contribution in [3.8, 4) is 17.0 Å². The van der Waals surface area contributed by atoms with Crippen molar-refractivity contribution in [1.29, 1.82) is 0 Å². The maximum absolute atomic E-state index is 12.6. The van der Waals surface area contributed by atoms with Gasteiger partial charge in [0.1, 0.15) is 5.75 Å². The fourth-order valence-corrected chi connectivity index (χ4v) is 3.63. The molecule has 0 saturated carbocycles. The Kier molecular flexibility index (Phi) is 4.85. The lowest BCUT2D eigenvalue weighted by atomic mass is 10.1. The summed E-state index contributed by atoms with van der Waals surface area (Å²) >= 11 is 1.41. The van der Waals surface area contributed by atoms with Crippen LogP contribution in [0, 0.1) is 0 Å². The van der Waals surface area contributed by atoms with Gasteiger partial charge in [0.05, 0.1) is 17.9 Å². The van der Waals surface area contributed by atoms with Crippen LogP contribution in [0.2, 0.25) is 0 Å². The summed E-state index contributed by atoms with van der Waals surface area (Å²) in [7, 11) is 0. The van der Waals surface area contributed by atoms with Crippen LogP contribution in [0.15, 0.2) is 72.1 Å². The van der Waals surface area contributed by atoms with Crippen LogP contribution in [0.5, 0.6) is 5.75 Å². The van der Waals surface area contributed by atoms with Crippen LogP contribution < -0.4 is 10.1 Å². The second-order valence-corrected chi connectivity index (χ2v) is 6.84. The molecule has 0 aliphatic carbocycles. The molecule has 4 rings (SSSR count). The molecule has 0 unspecified atom stereocenters. The number of ether oxygens (including phenoxy) is 1. The first kappa shape index (κ1) is 17.2. The van der Waals surface area contributed by atoms with E-state index in [9.17, 15) is 4.79 Å². The number of aromatic nitrogens is 1. The van der Waals surface area contributed by atoms with E-state index in [2.05, 4.69) is 34.6 Å². The number of amides is 1.